The van der Waals surface area contributed by atoms with Gasteiger partial charge in [0.25, 0.3) is 0 Å². The van der Waals surface area contributed by atoms with Crippen molar-refractivity contribution in [2.75, 3.05) is 24.2 Å². The van der Waals surface area contributed by atoms with Gasteiger partial charge in [0.1, 0.15) is 0 Å². The number of nitrogens with one attached hydrogen (secondary N) is 2. The Bertz CT molecular complexity index is 952. The van der Waals surface area contributed by atoms with Gasteiger partial charge in [-0.15, -0.1) is 0 Å². The summed E-state index contributed by atoms with van der Waals surface area (Å²) < 4.78 is 25.7. The van der Waals surface area contributed by atoms with Crippen LogP contribution in [0, 0.1) is 18.8 Å². The highest BCUT2D eigenvalue weighted by Gasteiger charge is 2.23. The first-order chi connectivity index (χ1) is 14.3. The average molecular weight is 429 g/mol. The molecule has 0 spiro atoms. The first kappa shape index (κ1) is 22.5. The van der Waals surface area contributed by atoms with Crippen LogP contribution >= 0.6 is 0 Å². The topological polar surface area (TPSA) is 75.3 Å². The van der Waals surface area contributed by atoms with Crippen molar-refractivity contribution in [1.29, 1.82) is 0 Å². The molecule has 6 heteroatoms. The molecular weight excluding hydrogens is 396 g/mol. The predicted octanol–water partition coefficient (Wildman–Crippen LogP) is 3.98. The number of sulfone groups is 1. The fourth-order valence-electron chi connectivity index (χ4n) is 4.05. The summed E-state index contributed by atoms with van der Waals surface area (Å²) in [7, 11) is -3.34. The third-order valence-electron chi connectivity index (χ3n) is 6.07. The zero-order valence-corrected chi connectivity index (χ0v) is 18.7. The quantitative estimate of drug-likeness (QED) is 0.667. The number of aryl methyl sites for hydroxylation is 1. The number of hydrogen-bond acceptors (Lipinski definition) is 4. The summed E-state index contributed by atoms with van der Waals surface area (Å²) in [6.07, 6.45) is 3.21. The van der Waals surface area contributed by atoms with Crippen molar-refractivity contribution < 1.29 is 13.2 Å². The second-order valence-corrected chi connectivity index (χ2v) is 10.5. The lowest BCUT2D eigenvalue weighted by Crippen LogP contribution is -2.31. The molecule has 0 saturated carbocycles. The lowest BCUT2D eigenvalue weighted by molar-refractivity contribution is -0.115. The molecule has 0 aromatic heterocycles. The van der Waals surface area contributed by atoms with Crippen molar-refractivity contribution in [1.82, 2.24) is 5.32 Å². The van der Waals surface area contributed by atoms with Gasteiger partial charge in [0.05, 0.1) is 17.1 Å². The van der Waals surface area contributed by atoms with Crippen LogP contribution in [0.15, 0.2) is 53.4 Å². The van der Waals surface area contributed by atoms with E-state index >= 15 is 0 Å². The molecule has 1 heterocycles. The molecule has 0 bridgehead atoms. The fourth-order valence-corrected chi connectivity index (χ4v) is 5.60. The number of carbonyl (C=O) groups is 1. The third kappa shape index (κ3) is 6.16. The van der Waals surface area contributed by atoms with Gasteiger partial charge in [-0.05, 0) is 80.4 Å². The van der Waals surface area contributed by atoms with E-state index < -0.39 is 9.84 Å². The summed E-state index contributed by atoms with van der Waals surface area (Å²) in [5, 5.41) is 6.25. The third-order valence-corrected chi connectivity index (χ3v) is 7.81. The van der Waals surface area contributed by atoms with Gasteiger partial charge in [-0.2, -0.15) is 0 Å². The highest BCUT2D eigenvalue weighted by Crippen LogP contribution is 2.27. The number of carbonyl (C=O) groups excluding carboxylic acids is 1. The molecule has 1 aliphatic heterocycles. The van der Waals surface area contributed by atoms with Gasteiger partial charge >= 0.3 is 0 Å². The van der Waals surface area contributed by atoms with Crippen molar-refractivity contribution in [2.45, 2.75) is 44.4 Å². The number of benzene rings is 2. The maximum Gasteiger partial charge on any atom is 0.228 e. The molecule has 5 nitrogen and oxygen atoms in total. The van der Waals surface area contributed by atoms with Gasteiger partial charge in [0.2, 0.25) is 5.91 Å². The Hall–Kier alpha value is -2.18. The minimum absolute atomic E-state index is 0.115. The summed E-state index contributed by atoms with van der Waals surface area (Å²) >= 11 is 0. The molecule has 162 valence electrons. The monoisotopic (exact) mass is 428 g/mol. The first-order valence-corrected chi connectivity index (χ1v) is 12.4. The Morgan fingerprint density at radius 2 is 1.83 bits per heavy atom. The van der Waals surface area contributed by atoms with Crippen molar-refractivity contribution in [3.05, 3.63) is 59.7 Å². The maximum absolute atomic E-state index is 12.8. The molecular formula is C24H32N2O3S. The molecule has 1 atom stereocenters. The largest absolute Gasteiger partial charge is 0.326 e. The van der Waals surface area contributed by atoms with Gasteiger partial charge in [0.15, 0.2) is 9.84 Å². The van der Waals surface area contributed by atoms with Gasteiger partial charge in [-0.3, -0.25) is 4.79 Å². The van der Waals surface area contributed by atoms with Crippen molar-refractivity contribution in [3.63, 3.8) is 0 Å². The zero-order valence-electron chi connectivity index (χ0n) is 17.9. The van der Waals surface area contributed by atoms with E-state index in [1.165, 1.54) is 0 Å². The molecule has 30 heavy (non-hydrogen) atoms. The van der Waals surface area contributed by atoms with E-state index in [4.69, 9.17) is 0 Å². The first-order valence-electron chi connectivity index (χ1n) is 10.7. The molecule has 1 fully saturated rings. The molecule has 1 amide bonds. The van der Waals surface area contributed by atoms with Gasteiger partial charge in [-0.25, -0.2) is 8.42 Å². The van der Waals surface area contributed by atoms with E-state index in [0.29, 0.717) is 28.8 Å². The van der Waals surface area contributed by atoms with E-state index in [1.54, 1.807) is 18.2 Å². The van der Waals surface area contributed by atoms with Crippen LogP contribution in [0.3, 0.4) is 0 Å². The molecule has 2 N–H and O–H groups in total. The van der Waals surface area contributed by atoms with Gasteiger partial charge in [0, 0.05) is 5.69 Å². The molecule has 0 aliphatic carbocycles. The molecule has 0 radical (unpaired) electrons. The lowest BCUT2D eigenvalue weighted by Gasteiger charge is -2.28. The van der Waals surface area contributed by atoms with E-state index in [0.717, 1.165) is 37.1 Å². The van der Waals surface area contributed by atoms with Crippen molar-refractivity contribution in [2.24, 2.45) is 11.8 Å². The maximum atomic E-state index is 12.8. The van der Waals surface area contributed by atoms with Crippen molar-refractivity contribution >= 4 is 21.4 Å². The highest BCUT2D eigenvalue weighted by molar-refractivity contribution is 7.91. The molecule has 1 aliphatic rings. The normalized spacial score (nSPS) is 16.2. The minimum Gasteiger partial charge on any atom is -0.326 e. The predicted molar refractivity (Wildman–Crippen MR) is 121 cm³/mol. The lowest BCUT2D eigenvalue weighted by atomic mass is 9.85. The number of anilines is 1. The number of amides is 1. The zero-order chi connectivity index (χ0) is 21.6. The summed E-state index contributed by atoms with van der Waals surface area (Å²) in [6, 6.07) is 14.5. The van der Waals surface area contributed by atoms with Crippen molar-refractivity contribution in [3.8, 4) is 0 Å². The summed E-state index contributed by atoms with van der Waals surface area (Å²) in [4.78, 5) is 12.6. The van der Waals surface area contributed by atoms with Gasteiger partial charge in [-0.1, -0.05) is 37.3 Å². The Morgan fingerprint density at radius 3 is 2.50 bits per heavy atom. The summed E-state index contributed by atoms with van der Waals surface area (Å²) in [5.74, 6) is 1.05. The van der Waals surface area contributed by atoms with Crippen LogP contribution in [0.5, 0.6) is 0 Å². The standard InChI is InChI=1S/C24H32N2O3S/c1-18(21-10-13-25-14-11-21)12-15-30(28,29)22-8-9-23(19(2)16-22)26-24(27)17-20-6-4-3-5-7-20/h3-9,16,18,21,25H,10-15,17H2,1-2H3,(H,26,27)/t18-/m0/s1. The van der Waals surface area contributed by atoms with Crippen LogP contribution in [0.25, 0.3) is 0 Å². The van der Waals surface area contributed by atoms with E-state index in [-0.39, 0.29) is 18.1 Å². The van der Waals surface area contributed by atoms with Crippen LogP contribution in [0.4, 0.5) is 5.69 Å². The number of rotatable bonds is 8. The van der Waals surface area contributed by atoms with Crippen LogP contribution < -0.4 is 10.6 Å². The van der Waals surface area contributed by atoms with Gasteiger partial charge < -0.3 is 10.6 Å². The SMILES string of the molecule is Cc1cc(S(=O)(=O)CC[C@H](C)C2CCNCC2)ccc1NC(=O)Cc1ccccc1. The van der Waals surface area contributed by atoms with E-state index in [9.17, 15) is 13.2 Å². The minimum atomic E-state index is -3.34. The van der Waals surface area contributed by atoms with Crippen LogP contribution in [0.1, 0.15) is 37.3 Å². The smallest absolute Gasteiger partial charge is 0.228 e. The second-order valence-electron chi connectivity index (χ2n) is 8.36. The summed E-state index contributed by atoms with van der Waals surface area (Å²) in [5.41, 5.74) is 2.34. The van der Waals surface area contributed by atoms with Crippen LogP contribution in [-0.2, 0) is 21.1 Å². The Kier molecular flexibility index (Phi) is 7.67. The Morgan fingerprint density at radius 1 is 1.13 bits per heavy atom. The van der Waals surface area contributed by atoms with Crippen LogP contribution in [0.2, 0.25) is 0 Å². The number of hydrogen-bond donors (Lipinski definition) is 2. The molecule has 3 rings (SSSR count). The van der Waals surface area contributed by atoms with Crippen LogP contribution in [-0.4, -0.2) is 33.2 Å². The Balaban J connectivity index is 1.59. The Labute approximate surface area is 180 Å². The second kappa shape index (κ2) is 10.2. The molecule has 2 aromatic rings. The molecule has 2 aromatic carbocycles. The number of piperidine rings is 1. The summed E-state index contributed by atoms with van der Waals surface area (Å²) in [6.45, 7) is 6.05. The fraction of sp³-hybridized carbons (Fsp3) is 0.458. The molecule has 0 unspecified atom stereocenters. The average Bonchev–Trinajstić information content (AvgIpc) is 2.74. The highest BCUT2D eigenvalue weighted by atomic mass is 32.2. The van der Waals surface area contributed by atoms with E-state index in [1.807, 2.05) is 37.3 Å². The molecule has 1 saturated heterocycles. The van der Waals surface area contributed by atoms with E-state index in [2.05, 4.69) is 17.6 Å².